The summed E-state index contributed by atoms with van der Waals surface area (Å²) in [6.45, 7) is 0. The molecule has 0 saturated heterocycles. The van der Waals surface area contributed by atoms with Gasteiger partial charge in [-0.3, -0.25) is 9.71 Å². The van der Waals surface area contributed by atoms with Gasteiger partial charge in [-0.15, -0.1) is 0 Å². The van der Waals surface area contributed by atoms with Crippen LogP contribution in [0.25, 0.3) is 22.0 Å². The average Bonchev–Trinajstić information content (AvgIpc) is 3.37. The minimum Gasteiger partial charge on any atom is -0.496 e. The predicted octanol–water partition coefficient (Wildman–Crippen LogP) is 5.03. The Bertz CT molecular complexity index is 1610. The molecule has 0 aliphatic carbocycles. The molecule has 0 aliphatic heterocycles. The van der Waals surface area contributed by atoms with E-state index in [0.29, 0.717) is 28.1 Å². The van der Waals surface area contributed by atoms with E-state index in [1.165, 1.54) is 37.6 Å². The minimum atomic E-state index is -3.87. The second-order valence-electron chi connectivity index (χ2n) is 7.31. The molecular weight excluding hydrogens is 475 g/mol. The number of aromatic nitrogens is 3. The summed E-state index contributed by atoms with van der Waals surface area (Å²) in [7, 11) is -2.35. The number of hydrogen-bond acceptors (Lipinski definition) is 8. The molecule has 0 radical (unpaired) electrons. The molecule has 0 saturated carbocycles. The number of fused-ring (bicyclic) bond motifs is 1. The smallest absolute Gasteiger partial charge is 0.263 e. The van der Waals surface area contributed by atoms with Gasteiger partial charge in [0.1, 0.15) is 23.6 Å². The molecule has 11 heteroatoms. The first-order chi connectivity index (χ1) is 16.9. The van der Waals surface area contributed by atoms with Crippen molar-refractivity contribution in [2.75, 3.05) is 11.8 Å². The lowest BCUT2D eigenvalue weighted by atomic mass is 10.0. The average molecular weight is 492 g/mol. The molecule has 0 unspecified atom stereocenters. The molecule has 5 aromatic rings. The first kappa shape index (κ1) is 22.3. The van der Waals surface area contributed by atoms with Gasteiger partial charge in [0, 0.05) is 35.3 Å². The lowest BCUT2D eigenvalue weighted by Crippen LogP contribution is -2.13. The van der Waals surface area contributed by atoms with E-state index >= 15 is 0 Å². The maximum Gasteiger partial charge on any atom is 0.263 e. The summed E-state index contributed by atoms with van der Waals surface area (Å²) >= 11 is 0. The van der Waals surface area contributed by atoms with E-state index in [1.54, 1.807) is 42.6 Å². The van der Waals surface area contributed by atoms with Crippen molar-refractivity contribution in [2.24, 2.45) is 0 Å². The lowest BCUT2D eigenvalue weighted by molar-refractivity contribution is 0.408. The van der Waals surface area contributed by atoms with Gasteiger partial charge in [0.15, 0.2) is 5.82 Å². The SMILES string of the molecule is COc1cc(Oc2ccc(F)cn2)ccc1-c1nccc2cc(S(=O)(=O)Nc3ccon3)ccc12. The van der Waals surface area contributed by atoms with Crippen LogP contribution in [0.3, 0.4) is 0 Å². The van der Waals surface area contributed by atoms with E-state index in [4.69, 9.17) is 9.47 Å². The van der Waals surface area contributed by atoms with Crippen LogP contribution in [0.4, 0.5) is 10.2 Å². The molecule has 0 amide bonds. The van der Waals surface area contributed by atoms with Gasteiger partial charge >= 0.3 is 0 Å². The number of rotatable bonds is 7. The van der Waals surface area contributed by atoms with Crippen molar-refractivity contribution >= 4 is 26.6 Å². The fraction of sp³-hybridized carbons (Fsp3) is 0.0417. The maximum atomic E-state index is 13.1. The van der Waals surface area contributed by atoms with E-state index in [9.17, 15) is 12.8 Å². The quantitative estimate of drug-likeness (QED) is 0.336. The molecule has 35 heavy (non-hydrogen) atoms. The van der Waals surface area contributed by atoms with Crippen molar-refractivity contribution in [2.45, 2.75) is 4.90 Å². The largest absolute Gasteiger partial charge is 0.496 e. The second-order valence-corrected chi connectivity index (χ2v) is 8.99. The lowest BCUT2D eigenvalue weighted by Gasteiger charge is -2.13. The van der Waals surface area contributed by atoms with Gasteiger partial charge < -0.3 is 14.0 Å². The summed E-state index contributed by atoms with van der Waals surface area (Å²) in [5, 5.41) is 4.96. The van der Waals surface area contributed by atoms with Crippen molar-refractivity contribution < 1.29 is 26.8 Å². The number of hydrogen-bond donors (Lipinski definition) is 1. The van der Waals surface area contributed by atoms with Crippen molar-refractivity contribution in [3.63, 3.8) is 0 Å². The van der Waals surface area contributed by atoms with Gasteiger partial charge in [0.25, 0.3) is 10.0 Å². The van der Waals surface area contributed by atoms with E-state index in [2.05, 4.69) is 24.4 Å². The van der Waals surface area contributed by atoms with Crippen molar-refractivity contribution in [1.82, 2.24) is 15.1 Å². The van der Waals surface area contributed by atoms with Crippen molar-refractivity contribution in [3.05, 3.63) is 85.1 Å². The zero-order valence-electron chi connectivity index (χ0n) is 18.2. The van der Waals surface area contributed by atoms with Crippen LogP contribution in [0.15, 0.2) is 88.7 Å². The molecule has 0 spiro atoms. The van der Waals surface area contributed by atoms with Gasteiger partial charge in [-0.2, -0.15) is 0 Å². The minimum absolute atomic E-state index is 0.0626. The molecule has 2 aromatic carbocycles. The number of anilines is 1. The van der Waals surface area contributed by atoms with Crippen LogP contribution >= 0.6 is 0 Å². The summed E-state index contributed by atoms with van der Waals surface area (Å²) in [5.74, 6) is 0.782. The molecule has 9 nitrogen and oxygen atoms in total. The third-order valence-corrected chi connectivity index (χ3v) is 6.43. The number of halogens is 1. The fourth-order valence-corrected chi connectivity index (χ4v) is 4.50. The highest BCUT2D eigenvalue weighted by Crippen LogP contribution is 2.37. The van der Waals surface area contributed by atoms with Crippen LogP contribution < -0.4 is 14.2 Å². The molecule has 0 atom stereocenters. The monoisotopic (exact) mass is 492 g/mol. The second kappa shape index (κ2) is 9.03. The van der Waals surface area contributed by atoms with Gasteiger partial charge in [0.05, 0.1) is 23.9 Å². The van der Waals surface area contributed by atoms with E-state index < -0.39 is 15.8 Å². The summed E-state index contributed by atoms with van der Waals surface area (Å²) < 4.78 is 56.9. The van der Waals surface area contributed by atoms with Crippen LogP contribution in [0.1, 0.15) is 0 Å². The van der Waals surface area contributed by atoms with Gasteiger partial charge in [-0.25, -0.2) is 17.8 Å². The van der Waals surface area contributed by atoms with Gasteiger partial charge in [0.2, 0.25) is 5.88 Å². The zero-order chi connectivity index (χ0) is 24.4. The highest BCUT2D eigenvalue weighted by molar-refractivity contribution is 7.92. The number of pyridine rings is 2. The molecule has 3 aromatic heterocycles. The molecular formula is C24H17FN4O5S. The van der Waals surface area contributed by atoms with Gasteiger partial charge in [-0.1, -0.05) is 11.2 Å². The Morgan fingerprint density at radius 1 is 1.00 bits per heavy atom. The number of nitrogens with zero attached hydrogens (tertiary/aromatic N) is 3. The highest BCUT2D eigenvalue weighted by Gasteiger charge is 2.18. The van der Waals surface area contributed by atoms with Crippen LogP contribution in [0.2, 0.25) is 0 Å². The molecule has 3 heterocycles. The third-order valence-electron chi connectivity index (χ3n) is 5.07. The van der Waals surface area contributed by atoms with Crippen LogP contribution in [0, 0.1) is 5.82 Å². The predicted molar refractivity (Wildman–Crippen MR) is 125 cm³/mol. The van der Waals surface area contributed by atoms with Crippen LogP contribution in [-0.4, -0.2) is 30.7 Å². The van der Waals surface area contributed by atoms with Crippen LogP contribution in [0.5, 0.6) is 17.4 Å². The Balaban J connectivity index is 1.50. The van der Waals surface area contributed by atoms with Gasteiger partial charge in [-0.05, 0) is 41.8 Å². The highest BCUT2D eigenvalue weighted by atomic mass is 32.2. The molecule has 5 rings (SSSR count). The Kier molecular flexibility index (Phi) is 5.75. The van der Waals surface area contributed by atoms with E-state index in [-0.39, 0.29) is 16.6 Å². The summed E-state index contributed by atoms with van der Waals surface area (Å²) in [5.41, 5.74) is 1.27. The molecule has 1 N–H and O–H groups in total. The summed E-state index contributed by atoms with van der Waals surface area (Å²) in [6, 6.07) is 15.7. The number of nitrogens with one attached hydrogen (secondary N) is 1. The Labute approximate surface area is 199 Å². The maximum absolute atomic E-state index is 13.1. The van der Waals surface area contributed by atoms with Crippen molar-refractivity contribution in [1.29, 1.82) is 0 Å². The Hall–Kier alpha value is -4.51. The number of sulfonamides is 1. The Morgan fingerprint density at radius 3 is 2.63 bits per heavy atom. The number of benzene rings is 2. The van der Waals surface area contributed by atoms with Crippen molar-refractivity contribution in [3.8, 4) is 28.6 Å². The van der Waals surface area contributed by atoms with E-state index in [0.717, 1.165) is 11.6 Å². The first-order valence-electron chi connectivity index (χ1n) is 10.2. The standard InChI is InChI=1S/C24H17FN4O5S/c1-32-21-13-17(34-23-7-2-16(25)14-27-23)3-5-20(21)24-19-6-4-18(12-15(19)8-10-26-24)35(30,31)29-22-9-11-33-28-22/h2-14H,1H3,(H,28,29). The van der Waals surface area contributed by atoms with E-state index in [1.807, 2.05) is 0 Å². The summed E-state index contributed by atoms with van der Waals surface area (Å²) in [4.78, 5) is 8.45. The fourth-order valence-electron chi connectivity index (χ4n) is 3.47. The number of ether oxygens (including phenoxy) is 2. The van der Waals surface area contributed by atoms with Crippen LogP contribution in [-0.2, 0) is 10.0 Å². The Morgan fingerprint density at radius 2 is 1.89 bits per heavy atom. The molecule has 176 valence electrons. The normalized spacial score (nSPS) is 11.4. The first-order valence-corrected chi connectivity index (χ1v) is 11.7. The zero-order valence-corrected chi connectivity index (χ0v) is 19.0. The summed E-state index contributed by atoms with van der Waals surface area (Å²) in [6.07, 6.45) is 3.93. The third kappa shape index (κ3) is 4.62. The number of methoxy groups -OCH3 is 1. The molecule has 0 bridgehead atoms. The molecule has 0 aliphatic rings. The molecule has 0 fully saturated rings. The topological polar surface area (TPSA) is 116 Å².